The Kier molecular flexibility index (Phi) is 3.73. The van der Waals surface area contributed by atoms with E-state index >= 15 is 0 Å². The van der Waals surface area contributed by atoms with Crippen molar-refractivity contribution in [3.63, 3.8) is 0 Å². The van der Waals surface area contributed by atoms with Gasteiger partial charge in [0.1, 0.15) is 0 Å². The highest BCUT2D eigenvalue weighted by Crippen LogP contribution is 2.33. The van der Waals surface area contributed by atoms with Crippen molar-refractivity contribution in [2.75, 3.05) is 5.73 Å². The van der Waals surface area contributed by atoms with E-state index in [1.54, 1.807) is 0 Å². The molecule has 1 aromatic carbocycles. The van der Waals surface area contributed by atoms with Gasteiger partial charge in [-0.1, -0.05) is 13.8 Å². The van der Waals surface area contributed by atoms with Gasteiger partial charge < -0.3 is 10.5 Å². The Hall–Kier alpha value is -1.32. The third-order valence-corrected chi connectivity index (χ3v) is 3.86. The van der Waals surface area contributed by atoms with Crippen LogP contribution in [0, 0.1) is 23.5 Å². The van der Waals surface area contributed by atoms with Crippen LogP contribution in [0.25, 0.3) is 0 Å². The van der Waals surface area contributed by atoms with Crippen LogP contribution in [-0.2, 0) is 0 Å². The summed E-state index contributed by atoms with van der Waals surface area (Å²) >= 11 is 0. The van der Waals surface area contributed by atoms with E-state index in [4.69, 9.17) is 10.5 Å². The maximum absolute atomic E-state index is 13.6. The first-order valence-corrected chi connectivity index (χ1v) is 6.38. The van der Waals surface area contributed by atoms with Crippen LogP contribution >= 0.6 is 0 Å². The molecule has 3 atom stereocenters. The van der Waals surface area contributed by atoms with Gasteiger partial charge in [0.05, 0.1) is 6.10 Å². The van der Waals surface area contributed by atoms with E-state index in [-0.39, 0.29) is 17.5 Å². The second-order valence-electron chi connectivity index (χ2n) is 5.32. The summed E-state index contributed by atoms with van der Waals surface area (Å²) in [5.74, 6) is -0.580. The predicted molar refractivity (Wildman–Crippen MR) is 67.4 cm³/mol. The monoisotopic (exact) mass is 255 g/mol. The van der Waals surface area contributed by atoms with Crippen molar-refractivity contribution in [3.8, 4) is 5.75 Å². The molecule has 4 heteroatoms. The van der Waals surface area contributed by atoms with Gasteiger partial charge in [-0.3, -0.25) is 0 Å². The molecule has 0 heterocycles. The third kappa shape index (κ3) is 2.74. The molecule has 1 aliphatic carbocycles. The number of hydrogen-bond acceptors (Lipinski definition) is 2. The summed E-state index contributed by atoms with van der Waals surface area (Å²) in [5, 5.41) is 0. The highest BCUT2D eigenvalue weighted by Gasteiger charge is 2.27. The van der Waals surface area contributed by atoms with E-state index in [2.05, 4.69) is 13.8 Å². The molecular weight excluding hydrogens is 236 g/mol. The maximum Gasteiger partial charge on any atom is 0.191 e. The number of halogens is 2. The topological polar surface area (TPSA) is 35.2 Å². The van der Waals surface area contributed by atoms with Crippen LogP contribution in [0.3, 0.4) is 0 Å². The van der Waals surface area contributed by atoms with Crippen LogP contribution in [0.15, 0.2) is 12.1 Å². The second-order valence-corrected chi connectivity index (χ2v) is 5.32. The van der Waals surface area contributed by atoms with E-state index in [1.807, 2.05) is 0 Å². The number of nitrogen functional groups attached to an aromatic ring is 1. The van der Waals surface area contributed by atoms with Crippen molar-refractivity contribution in [2.45, 2.75) is 39.2 Å². The average Bonchev–Trinajstić information content (AvgIpc) is 2.28. The highest BCUT2D eigenvalue weighted by molar-refractivity contribution is 5.44. The fourth-order valence-electron chi connectivity index (χ4n) is 2.46. The summed E-state index contributed by atoms with van der Waals surface area (Å²) in [6.45, 7) is 4.35. The van der Waals surface area contributed by atoms with Crippen LogP contribution in [0.1, 0.15) is 33.1 Å². The van der Waals surface area contributed by atoms with Crippen molar-refractivity contribution < 1.29 is 13.5 Å². The predicted octanol–water partition coefficient (Wildman–Crippen LogP) is 3.75. The van der Waals surface area contributed by atoms with E-state index in [9.17, 15) is 8.78 Å². The molecular formula is C14H19F2NO. The molecule has 0 aliphatic heterocycles. The Morgan fingerprint density at radius 3 is 2.28 bits per heavy atom. The fourth-order valence-corrected chi connectivity index (χ4v) is 2.46. The van der Waals surface area contributed by atoms with Gasteiger partial charge in [-0.05, 0) is 31.1 Å². The molecule has 18 heavy (non-hydrogen) atoms. The Morgan fingerprint density at radius 1 is 1.11 bits per heavy atom. The van der Waals surface area contributed by atoms with Crippen LogP contribution in [0.2, 0.25) is 0 Å². The lowest BCUT2D eigenvalue weighted by atomic mass is 9.80. The SMILES string of the molecule is CC1CCC(Oc2c(F)cc(N)cc2F)CC1C. The summed E-state index contributed by atoms with van der Waals surface area (Å²) in [4.78, 5) is 0. The van der Waals surface area contributed by atoms with Crippen molar-refractivity contribution in [1.29, 1.82) is 0 Å². The Bertz CT molecular complexity index is 413. The molecule has 0 aromatic heterocycles. The number of hydrogen-bond donors (Lipinski definition) is 1. The summed E-state index contributed by atoms with van der Waals surface area (Å²) in [7, 11) is 0. The van der Waals surface area contributed by atoms with Crippen LogP contribution in [0.5, 0.6) is 5.75 Å². The van der Waals surface area contributed by atoms with Gasteiger partial charge in [-0.2, -0.15) is 0 Å². The molecule has 1 fully saturated rings. The van der Waals surface area contributed by atoms with E-state index in [0.29, 0.717) is 11.8 Å². The summed E-state index contributed by atoms with van der Waals surface area (Å²) in [6.07, 6.45) is 2.60. The lowest BCUT2D eigenvalue weighted by molar-refractivity contribution is 0.0927. The van der Waals surface area contributed by atoms with Crippen LogP contribution in [-0.4, -0.2) is 6.10 Å². The van der Waals surface area contributed by atoms with Gasteiger partial charge in [0.2, 0.25) is 0 Å². The van der Waals surface area contributed by atoms with Crippen molar-refractivity contribution in [2.24, 2.45) is 11.8 Å². The first kappa shape index (κ1) is 13.1. The van der Waals surface area contributed by atoms with E-state index < -0.39 is 11.6 Å². The molecule has 0 saturated heterocycles. The summed E-state index contributed by atoms with van der Waals surface area (Å²) in [6, 6.07) is 2.18. The van der Waals surface area contributed by atoms with E-state index in [1.165, 1.54) is 0 Å². The molecule has 0 spiro atoms. The number of anilines is 1. The normalized spacial score (nSPS) is 28.1. The lowest BCUT2D eigenvalue weighted by Gasteiger charge is -2.32. The zero-order chi connectivity index (χ0) is 13.3. The Morgan fingerprint density at radius 2 is 1.72 bits per heavy atom. The molecule has 0 radical (unpaired) electrons. The van der Waals surface area contributed by atoms with Gasteiger partial charge in [-0.15, -0.1) is 0 Å². The lowest BCUT2D eigenvalue weighted by Crippen LogP contribution is -2.29. The summed E-state index contributed by atoms with van der Waals surface area (Å²) < 4.78 is 32.7. The minimum Gasteiger partial charge on any atom is -0.484 e. The Labute approximate surface area is 106 Å². The standard InChI is InChI=1S/C14H19F2NO/c1-8-3-4-11(5-9(8)2)18-14-12(15)6-10(17)7-13(14)16/h6-9,11H,3-5,17H2,1-2H3. The third-order valence-electron chi connectivity index (χ3n) is 3.86. The average molecular weight is 255 g/mol. The number of ether oxygens (including phenoxy) is 1. The Balaban J connectivity index is 2.10. The second kappa shape index (κ2) is 5.12. The van der Waals surface area contributed by atoms with Crippen LogP contribution < -0.4 is 10.5 Å². The minimum absolute atomic E-state index is 0.0722. The minimum atomic E-state index is -0.723. The molecule has 1 saturated carbocycles. The molecule has 100 valence electrons. The van der Waals surface area contributed by atoms with E-state index in [0.717, 1.165) is 31.4 Å². The van der Waals surface area contributed by atoms with Crippen LogP contribution in [0.4, 0.5) is 14.5 Å². The van der Waals surface area contributed by atoms with Crippen molar-refractivity contribution in [1.82, 2.24) is 0 Å². The number of rotatable bonds is 2. The molecule has 1 aliphatic rings. The quantitative estimate of drug-likeness (QED) is 0.817. The van der Waals surface area contributed by atoms with Gasteiger partial charge in [-0.25, -0.2) is 8.78 Å². The smallest absolute Gasteiger partial charge is 0.191 e. The fraction of sp³-hybridized carbons (Fsp3) is 0.571. The molecule has 0 bridgehead atoms. The van der Waals surface area contributed by atoms with Crippen molar-refractivity contribution in [3.05, 3.63) is 23.8 Å². The first-order chi connectivity index (χ1) is 8.47. The maximum atomic E-state index is 13.6. The molecule has 2 N–H and O–H groups in total. The molecule has 2 nitrogen and oxygen atoms in total. The first-order valence-electron chi connectivity index (χ1n) is 6.38. The van der Waals surface area contributed by atoms with Gasteiger partial charge in [0, 0.05) is 17.8 Å². The van der Waals surface area contributed by atoms with Gasteiger partial charge >= 0.3 is 0 Å². The molecule has 0 amide bonds. The number of benzene rings is 1. The highest BCUT2D eigenvalue weighted by atomic mass is 19.1. The van der Waals surface area contributed by atoms with Gasteiger partial charge in [0.15, 0.2) is 17.4 Å². The summed E-state index contributed by atoms with van der Waals surface area (Å²) in [5.41, 5.74) is 5.44. The van der Waals surface area contributed by atoms with Gasteiger partial charge in [0.25, 0.3) is 0 Å². The zero-order valence-corrected chi connectivity index (χ0v) is 10.7. The van der Waals surface area contributed by atoms with Crippen molar-refractivity contribution >= 4 is 5.69 Å². The molecule has 1 aromatic rings. The zero-order valence-electron chi connectivity index (χ0n) is 10.7. The molecule has 2 rings (SSSR count). The number of nitrogens with two attached hydrogens (primary N) is 1. The molecule has 3 unspecified atom stereocenters. The largest absolute Gasteiger partial charge is 0.484 e.